The van der Waals surface area contributed by atoms with Crippen LogP contribution in [0.15, 0.2) is 73.3 Å². The van der Waals surface area contributed by atoms with E-state index in [4.69, 9.17) is 5.26 Å². The largest absolute Gasteiger partial charge is 0.348 e. The summed E-state index contributed by atoms with van der Waals surface area (Å²) in [6.45, 7) is 0.459. The highest BCUT2D eigenvalue weighted by Gasteiger charge is 1.99. The van der Waals surface area contributed by atoms with Gasteiger partial charge in [0.1, 0.15) is 0 Å². The Hall–Kier alpha value is -3.65. The molecule has 2 aromatic carbocycles. The number of hydrogen-bond acceptors (Lipinski definition) is 3. The van der Waals surface area contributed by atoms with E-state index in [0.29, 0.717) is 12.1 Å². The van der Waals surface area contributed by atoms with Gasteiger partial charge in [0.15, 0.2) is 0 Å². The molecule has 122 valence electrons. The molecule has 3 rings (SSSR count). The molecule has 3 aromatic rings. The second-order valence-corrected chi connectivity index (χ2v) is 5.42. The van der Waals surface area contributed by atoms with Gasteiger partial charge in [0.25, 0.3) is 0 Å². The molecule has 1 aromatic heterocycles. The fourth-order valence-electron chi connectivity index (χ4n) is 2.29. The molecule has 0 saturated heterocycles. The van der Waals surface area contributed by atoms with E-state index in [1.807, 2.05) is 35.0 Å². The topological polar surface area (TPSA) is 70.7 Å². The number of hydrogen-bond donors (Lipinski definition) is 1. The van der Waals surface area contributed by atoms with Gasteiger partial charge in [-0.25, -0.2) is 4.98 Å². The van der Waals surface area contributed by atoms with Crippen LogP contribution in [0.5, 0.6) is 0 Å². The minimum absolute atomic E-state index is 0.164. The summed E-state index contributed by atoms with van der Waals surface area (Å²) < 4.78 is 1.92. The Labute approximate surface area is 145 Å². The molecule has 5 nitrogen and oxygen atoms in total. The van der Waals surface area contributed by atoms with E-state index in [0.717, 1.165) is 16.8 Å². The number of imidazole rings is 1. The Morgan fingerprint density at radius 2 is 1.92 bits per heavy atom. The fraction of sp³-hybridized carbons (Fsp3) is 0.0500. The highest BCUT2D eigenvalue weighted by molar-refractivity contribution is 5.91. The lowest BCUT2D eigenvalue weighted by atomic mass is 10.1. The zero-order valence-electron chi connectivity index (χ0n) is 13.5. The minimum atomic E-state index is -0.164. The molecule has 1 heterocycles. The Morgan fingerprint density at radius 1 is 1.16 bits per heavy atom. The van der Waals surface area contributed by atoms with Crippen LogP contribution in [0.1, 0.15) is 16.7 Å². The third-order valence-electron chi connectivity index (χ3n) is 3.67. The summed E-state index contributed by atoms with van der Waals surface area (Å²) in [6.07, 6.45) is 8.56. The molecular formula is C20H16N4O. The third-order valence-corrected chi connectivity index (χ3v) is 3.67. The molecule has 25 heavy (non-hydrogen) atoms. The first-order chi connectivity index (χ1) is 12.2. The maximum Gasteiger partial charge on any atom is 0.244 e. The van der Waals surface area contributed by atoms with Crippen molar-refractivity contribution in [3.63, 3.8) is 0 Å². The Bertz CT molecular complexity index is 902. The van der Waals surface area contributed by atoms with Gasteiger partial charge in [0, 0.05) is 30.7 Å². The van der Waals surface area contributed by atoms with Crippen molar-refractivity contribution in [3.8, 4) is 11.8 Å². The second-order valence-electron chi connectivity index (χ2n) is 5.42. The lowest BCUT2D eigenvalue weighted by Crippen LogP contribution is -2.20. The van der Waals surface area contributed by atoms with Crippen molar-refractivity contribution in [2.75, 3.05) is 0 Å². The monoisotopic (exact) mass is 328 g/mol. The molecule has 0 aliphatic rings. The molecule has 0 radical (unpaired) electrons. The van der Waals surface area contributed by atoms with Crippen LogP contribution in [0.4, 0.5) is 0 Å². The van der Waals surface area contributed by atoms with Crippen molar-refractivity contribution in [1.29, 1.82) is 5.26 Å². The second kappa shape index (κ2) is 7.75. The number of rotatable bonds is 5. The normalized spacial score (nSPS) is 10.5. The van der Waals surface area contributed by atoms with Crippen molar-refractivity contribution in [2.24, 2.45) is 0 Å². The number of nitriles is 1. The maximum atomic E-state index is 11.9. The van der Waals surface area contributed by atoms with Crippen molar-refractivity contribution in [2.45, 2.75) is 6.54 Å². The van der Waals surface area contributed by atoms with Gasteiger partial charge in [-0.05, 0) is 41.5 Å². The van der Waals surface area contributed by atoms with Crippen LogP contribution >= 0.6 is 0 Å². The molecule has 0 fully saturated rings. The fourth-order valence-corrected chi connectivity index (χ4v) is 2.29. The molecule has 0 aliphatic carbocycles. The first-order valence-corrected chi connectivity index (χ1v) is 7.78. The Balaban J connectivity index is 1.53. The van der Waals surface area contributed by atoms with Crippen LogP contribution in [-0.2, 0) is 11.3 Å². The molecule has 0 bridgehead atoms. The first kappa shape index (κ1) is 16.2. The van der Waals surface area contributed by atoms with Gasteiger partial charge < -0.3 is 9.88 Å². The van der Waals surface area contributed by atoms with E-state index in [1.165, 1.54) is 6.08 Å². The predicted octanol–water partition coefficient (Wildman–Crippen LogP) is 3.07. The van der Waals surface area contributed by atoms with E-state index in [2.05, 4.69) is 16.4 Å². The van der Waals surface area contributed by atoms with Crippen molar-refractivity contribution in [1.82, 2.24) is 14.9 Å². The molecule has 0 aliphatic heterocycles. The summed E-state index contributed by atoms with van der Waals surface area (Å²) in [5.41, 5.74) is 3.51. The lowest BCUT2D eigenvalue weighted by Gasteiger charge is -2.05. The molecule has 1 amide bonds. The van der Waals surface area contributed by atoms with Gasteiger partial charge in [0.2, 0.25) is 5.91 Å². The maximum absolute atomic E-state index is 11.9. The van der Waals surface area contributed by atoms with Gasteiger partial charge in [-0.15, -0.1) is 0 Å². The molecule has 0 atom stereocenters. The summed E-state index contributed by atoms with van der Waals surface area (Å²) in [5, 5.41) is 11.6. The molecule has 0 unspecified atom stereocenters. The van der Waals surface area contributed by atoms with E-state index in [1.54, 1.807) is 42.9 Å². The van der Waals surface area contributed by atoms with Crippen LogP contribution in [-0.4, -0.2) is 15.5 Å². The van der Waals surface area contributed by atoms with Gasteiger partial charge in [0.05, 0.1) is 18.0 Å². The number of benzene rings is 2. The highest BCUT2D eigenvalue weighted by Crippen LogP contribution is 2.09. The van der Waals surface area contributed by atoms with Crippen LogP contribution in [0.2, 0.25) is 0 Å². The number of nitrogens with zero attached hydrogens (tertiary/aromatic N) is 3. The number of carbonyl (C=O) groups is 1. The molecule has 0 saturated carbocycles. The minimum Gasteiger partial charge on any atom is -0.348 e. The summed E-state index contributed by atoms with van der Waals surface area (Å²) >= 11 is 0. The van der Waals surface area contributed by atoms with Crippen LogP contribution < -0.4 is 5.32 Å². The van der Waals surface area contributed by atoms with Gasteiger partial charge in [-0.1, -0.05) is 24.3 Å². The van der Waals surface area contributed by atoms with E-state index < -0.39 is 0 Å². The third kappa shape index (κ3) is 4.43. The number of carbonyl (C=O) groups excluding carboxylic acids is 1. The van der Waals surface area contributed by atoms with Gasteiger partial charge >= 0.3 is 0 Å². The quantitative estimate of drug-likeness (QED) is 0.732. The van der Waals surface area contributed by atoms with Crippen LogP contribution in [0, 0.1) is 11.3 Å². The van der Waals surface area contributed by atoms with Gasteiger partial charge in [-0.2, -0.15) is 5.26 Å². The molecule has 1 N–H and O–H groups in total. The Morgan fingerprint density at radius 3 is 2.56 bits per heavy atom. The smallest absolute Gasteiger partial charge is 0.244 e. The van der Waals surface area contributed by atoms with Crippen molar-refractivity contribution in [3.05, 3.63) is 90.0 Å². The summed E-state index contributed by atoms with van der Waals surface area (Å²) in [7, 11) is 0. The SMILES string of the molecule is N#Cc1ccc(/C=C\C(=O)NCc2ccc(-n3ccnc3)cc2)cc1. The van der Waals surface area contributed by atoms with Crippen molar-refractivity contribution >= 4 is 12.0 Å². The van der Waals surface area contributed by atoms with Crippen LogP contribution in [0.25, 0.3) is 11.8 Å². The standard InChI is InChI=1S/C20H16N4O/c21-13-17-3-1-16(2-4-17)7-10-20(25)23-14-18-5-8-19(9-6-18)24-12-11-22-15-24/h1-12,15H,14H2,(H,23,25)/b10-7-. The summed E-state index contributed by atoms with van der Waals surface area (Å²) in [5.74, 6) is -0.164. The average Bonchev–Trinajstić information content (AvgIpc) is 3.20. The lowest BCUT2D eigenvalue weighted by molar-refractivity contribution is -0.116. The summed E-state index contributed by atoms with van der Waals surface area (Å²) in [6, 6.07) is 17.0. The van der Waals surface area contributed by atoms with Gasteiger partial charge in [-0.3, -0.25) is 4.79 Å². The van der Waals surface area contributed by atoms with E-state index in [9.17, 15) is 4.79 Å². The molecule has 5 heteroatoms. The van der Waals surface area contributed by atoms with Crippen LogP contribution in [0.3, 0.4) is 0 Å². The number of amides is 1. The average molecular weight is 328 g/mol. The first-order valence-electron chi connectivity index (χ1n) is 7.78. The van der Waals surface area contributed by atoms with Crippen molar-refractivity contribution < 1.29 is 4.79 Å². The number of nitrogens with one attached hydrogen (secondary N) is 1. The Kier molecular flexibility index (Phi) is 5.03. The zero-order chi connectivity index (χ0) is 17.5. The van der Waals surface area contributed by atoms with E-state index in [-0.39, 0.29) is 5.91 Å². The summed E-state index contributed by atoms with van der Waals surface area (Å²) in [4.78, 5) is 15.9. The number of aromatic nitrogens is 2. The predicted molar refractivity (Wildman–Crippen MR) is 95.6 cm³/mol. The molecule has 0 spiro atoms. The van der Waals surface area contributed by atoms with E-state index >= 15 is 0 Å². The zero-order valence-corrected chi connectivity index (χ0v) is 13.5. The highest BCUT2D eigenvalue weighted by atomic mass is 16.1. The molecular weight excluding hydrogens is 312 g/mol.